The lowest BCUT2D eigenvalue weighted by atomic mass is 9.97. The van der Waals surface area contributed by atoms with Crippen molar-refractivity contribution in [1.29, 1.82) is 0 Å². The normalized spacial score (nSPS) is 25.2. The molecular weight excluding hydrogens is 532 g/mol. The Kier molecular flexibility index (Phi) is 8.25. The zero-order valence-corrected chi connectivity index (χ0v) is 22.3. The zero-order valence-electron chi connectivity index (χ0n) is 21.4. The summed E-state index contributed by atoms with van der Waals surface area (Å²) in [7, 11) is -4.31. The lowest BCUT2D eigenvalue weighted by Gasteiger charge is -2.25. The van der Waals surface area contributed by atoms with Gasteiger partial charge in [0, 0.05) is 6.20 Å². The number of carbonyl (C=O) groups excluding carboxylic acids is 1. The van der Waals surface area contributed by atoms with Gasteiger partial charge in [-0.05, 0) is 39.0 Å². The molecule has 14 heteroatoms. The lowest BCUT2D eigenvalue weighted by molar-refractivity contribution is -0.149. The van der Waals surface area contributed by atoms with Crippen molar-refractivity contribution < 1.29 is 37.4 Å². The zero-order chi connectivity index (χ0) is 28.4. The van der Waals surface area contributed by atoms with E-state index in [0.29, 0.717) is 5.39 Å². The highest BCUT2D eigenvalue weighted by Crippen LogP contribution is 2.48. The number of halogens is 1. The number of fused-ring (bicyclic) bond motifs is 1. The van der Waals surface area contributed by atoms with Gasteiger partial charge in [-0.1, -0.05) is 24.1 Å². The van der Waals surface area contributed by atoms with E-state index in [2.05, 4.69) is 15.1 Å². The Morgan fingerprint density at radius 3 is 2.72 bits per heavy atom. The number of hydrogen-bond donors (Lipinski definition) is 3. The number of rotatable bonds is 10. The van der Waals surface area contributed by atoms with E-state index in [0.717, 1.165) is 0 Å². The highest BCUT2D eigenvalue weighted by Gasteiger charge is 2.58. The Morgan fingerprint density at radius 1 is 1.33 bits per heavy atom. The van der Waals surface area contributed by atoms with Crippen LogP contribution in [-0.2, 0) is 23.4 Å². The molecule has 1 aliphatic heterocycles. The maximum atomic E-state index is 16.0. The van der Waals surface area contributed by atoms with Crippen LogP contribution in [0.2, 0.25) is 0 Å². The average molecular weight is 562 g/mol. The summed E-state index contributed by atoms with van der Waals surface area (Å²) in [6, 6.07) is 8.53. The van der Waals surface area contributed by atoms with Crippen LogP contribution < -0.4 is 15.3 Å². The number of nitrogen functional groups attached to an aromatic ring is 1. The second-order valence-corrected chi connectivity index (χ2v) is 10.8. The van der Waals surface area contributed by atoms with Gasteiger partial charge in [0.15, 0.2) is 6.23 Å². The van der Waals surface area contributed by atoms with Crippen LogP contribution in [0.1, 0.15) is 27.0 Å². The van der Waals surface area contributed by atoms with E-state index < -0.39 is 56.6 Å². The van der Waals surface area contributed by atoms with Gasteiger partial charge in [-0.15, -0.1) is 6.42 Å². The first-order chi connectivity index (χ1) is 18.5. The number of hydrogen-bond acceptors (Lipinski definition) is 10. The quantitative estimate of drug-likeness (QED) is 0.190. The molecular formula is C25H29FN5O7P. The van der Waals surface area contributed by atoms with Crippen molar-refractivity contribution in [2.45, 2.75) is 57.0 Å². The molecule has 1 fully saturated rings. The third-order valence-electron chi connectivity index (χ3n) is 5.89. The largest absolute Gasteiger partial charge is 0.462 e. The van der Waals surface area contributed by atoms with Gasteiger partial charge in [0.25, 0.3) is 0 Å². The summed E-state index contributed by atoms with van der Waals surface area (Å²) in [6.45, 7) is 4.13. The van der Waals surface area contributed by atoms with Crippen LogP contribution in [0.3, 0.4) is 0 Å². The molecule has 6 unspecified atom stereocenters. The van der Waals surface area contributed by atoms with Crippen molar-refractivity contribution in [3.63, 3.8) is 0 Å². The molecule has 2 aromatic heterocycles. The summed E-state index contributed by atoms with van der Waals surface area (Å²) < 4.78 is 53.1. The third kappa shape index (κ3) is 5.90. The highest BCUT2D eigenvalue weighted by molar-refractivity contribution is 7.52. The molecule has 12 nitrogen and oxygen atoms in total. The summed E-state index contributed by atoms with van der Waals surface area (Å²) in [5.74, 6) is 1.61. The first-order valence-corrected chi connectivity index (χ1v) is 13.6. The molecule has 39 heavy (non-hydrogen) atoms. The Morgan fingerprint density at radius 2 is 2.05 bits per heavy atom. The van der Waals surface area contributed by atoms with Gasteiger partial charge >= 0.3 is 13.7 Å². The molecule has 1 aliphatic rings. The Labute approximate surface area is 224 Å². The van der Waals surface area contributed by atoms with Crippen LogP contribution >= 0.6 is 7.75 Å². The smallest absolute Gasteiger partial charge is 0.459 e. The highest BCUT2D eigenvalue weighted by atomic mass is 31.2. The predicted octanol–water partition coefficient (Wildman–Crippen LogP) is 2.75. The van der Waals surface area contributed by atoms with Gasteiger partial charge in [-0.25, -0.2) is 18.9 Å². The molecule has 3 heterocycles. The molecule has 1 aromatic carbocycles. The number of ether oxygens (including phenoxy) is 2. The number of aromatic nitrogens is 3. The molecule has 0 radical (unpaired) electrons. The summed E-state index contributed by atoms with van der Waals surface area (Å²) in [4.78, 5) is 20.4. The summed E-state index contributed by atoms with van der Waals surface area (Å²) in [6.07, 6.45) is 2.92. The number of aliphatic hydroxyl groups is 1. The van der Waals surface area contributed by atoms with Gasteiger partial charge in [-0.2, -0.15) is 5.09 Å². The number of para-hydroxylation sites is 1. The number of aliphatic hydroxyl groups excluding tert-OH is 1. The number of nitrogens with one attached hydrogen (secondary N) is 1. The van der Waals surface area contributed by atoms with Crippen LogP contribution in [-0.4, -0.2) is 62.2 Å². The van der Waals surface area contributed by atoms with Crippen molar-refractivity contribution in [2.75, 3.05) is 12.3 Å². The van der Waals surface area contributed by atoms with Gasteiger partial charge in [-0.3, -0.25) is 9.32 Å². The average Bonchev–Trinajstić information content (AvgIpc) is 3.43. The predicted molar refractivity (Wildman–Crippen MR) is 139 cm³/mol. The van der Waals surface area contributed by atoms with Crippen LogP contribution in [0.25, 0.3) is 11.0 Å². The SMILES string of the molecule is C#CC1(F)C(O)C(COP(=O)(NC(C)C(=O)OC(C)C)Oc2ccccc2)OC1n1ccc2c(N)ncnc21. The molecule has 208 valence electrons. The number of nitrogens with zero attached hydrogens (tertiary/aromatic N) is 3. The molecule has 4 rings (SSSR count). The first kappa shape index (κ1) is 28.5. The van der Waals surface area contributed by atoms with E-state index in [4.69, 9.17) is 30.7 Å². The van der Waals surface area contributed by atoms with Crippen molar-refractivity contribution in [3.8, 4) is 18.1 Å². The van der Waals surface area contributed by atoms with Crippen molar-refractivity contribution in [1.82, 2.24) is 19.6 Å². The Hall–Kier alpha value is -3.53. The Bertz CT molecular complexity index is 1410. The number of anilines is 1. The molecule has 0 saturated carbocycles. The van der Waals surface area contributed by atoms with E-state index in [1.165, 1.54) is 36.1 Å². The minimum atomic E-state index is -4.31. The van der Waals surface area contributed by atoms with Gasteiger partial charge in [0.05, 0.1) is 18.1 Å². The van der Waals surface area contributed by atoms with Crippen molar-refractivity contribution in [3.05, 3.63) is 48.9 Å². The maximum Gasteiger partial charge on any atom is 0.459 e. The van der Waals surface area contributed by atoms with E-state index in [1.807, 2.05) is 5.92 Å². The molecule has 0 bridgehead atoms. The standard InChI is InChI=1S/C25H29FN5O7P/c1-5-25(26)20(32)19(37-24(25)31-12-11-18-21(27)28-14-29-22(18)31)13-35-39(34,38-17-9-7-6-8-10-17)30-16(4)23(33)36-15(2)3/h1,6-12,14-16,19-20,24,32H,13H2,2-4H3,(H,30,34)(H2,27,28,29). The second kappa shape index (κ2) is 11.3. The van der Waals surface area contributed by atoms with E-state index in [1.54, 1.807) is 38.1 Å². The minimum absolute atomic E-state index is 0.164. The monoisotopic (exact) mass is 561 g/mol. The Balaban J connectivity index is 1.57. The van der Waals surface area contributed by atoms with Crippen molar-refractivity contribution in [2.24, 2.45) is 0 Å². The molecule has 1 saturated heterocycles. The van der Waals surface area contributed by atoms with Gasteiger partial charge in [0.2, 0.25) is 5.67 Å². The summed E-state index contributed by atoms with van der Waals surface area (Å²) in [5.41, 5.74) is 3.39. The molecule has 3 aromatic rings. The fourth-order valence-corrected chi connectivity index (χ4v) is 5.50. The topological polar surface area (TPSA) is 160 Å². The lowest BCUT2D eigenvalue weighted by Crippen LogP contribution is -2.42. The van der Waals surface area contributed by atoms with E-state index in [-0.39, 0.29) is 17.2 Å². The molecule has 4 N–H and O–H groups in total. The fraction of sp³-hybridized carbons (Fsp3) is 0.400. The molecule has 6 atom stereocenters. The van der Waals surface area contributed by atoms with Crippen LogP contribution in [0, 0.1) is 12.3 Å². The van der Waals surface area contributed by atoms with E-state index in [9.17, 15) is 14.5 Å². The molecule has 0 aliphatic carbocycles. The summed E-state index contributed by atoms with van der Waals surface area (Å²) >= 11 is 0. The summed E-state index contributed by atoms with van der Waals surface area (Å²) in [5, 5.41) is 13.8. The maximum absolute atomic E-state index is 16.0. The number of esters is 1. The van der Waals surface area contributed by atoms with Crippen LogP contribution in [0.4, 0.5) is 10.2 Å². The van der Waals surface area contributed by atoms with Gasteiger partial charge in [0.1, 0.15) is 41.8 Å². The fourth-order valence-electron chi connectivity index (χ4n) is 4.00. The number of terminal acetylenes is 1. The van der Waals surface area contributed by atoms with Crippen LogP contribution in [0.15, 0.2) is 48.9 Å². The number of carbonyl (C=O) groups is 1. The number of benzene rings is 1. The molecule has 0 spiro atoms. The number of nitrogens with two attached hydrogens (primary N) is 1. The van der Waals surface area contributed by atoms with Crippen molar-refractivity contribution >= 4 is 30.6 Å². The third-order valence-corrected chi connectivity index (χ3v) is 7.54. The second-order valence-electron chi connectivity index (χ2n) is 9.14. The minimum Gasteiger partial charge on any atom is -0.462 e. The van der Waals surface area contributed by atoms with Crippen LogP contribution in [0.5, 0.6) is 5.75 Å². The first-order valence-electron chi connectivity index (χ1n) is 12.0. The molecule has 0 amide bonds. The number of alkyl halides is 1. The van der Waals surface area contributed by atoms with Gasteiger partial charge < -0.3 is 29.4 Å². The van der Waals surface area contributed by atoms with E-state index >= 15 is 4.39 Å².